The van der Waals surface area contributed by atoms with Crippen molar-refractivity contribution in [3.05, 3.63) is 59.5 Å². The Hall–Kier alpha value is -2.33. The Bertz CT molecular complexity index is 793. The van der Waals surface area contributed by atoms with Gasteiger partial charge in [0.25, 0.3) is 0 Å². The van der Waals surface area contributed by atoms with Crippen molar-refractivity contribution in [2.24, 2.45) is 5.92 Å². The fourth-order valence-corrected chi connectivity index (χ4v) is 3.34. The first-order chi connectivity index (χ1) is 11.7. The van der Waals surface area contributed by atoms with Crippen LogP contribution in [0.5, 0.6) is 5.75 Å². The van der Waals surface area contributed by atoms with Crippen molar-refractivity contribution < 1.29 is 4.74 Å². The number of benzene rings is 2. The molecule has 0 atom stereocenters. The maximum atomic E-state index is 5.37. The molecule has 3 aromatic rings. The summed E-state index contributed by atoms with van der Waals surface area (Å²) in [5.74, 6) is 1.49. The van der Waals surface area contributed by atoms with Crippen molar-refractivity contribution >= 4 is 22.2 Å². The van der Waals surface area contributed by atoms with Gasteiger partial charge in [-0.2, -0.15) is 0 Å². The van der Waals surface area contributed by atoms with Crippen LogP contribution in [0, 0.1) is 5.92 Å². The SMILES string of the molecule is COc1ccccc1Nc1nc(-c2ccc(CC(C)C)cc2)cs1. The van der Waals surface area contributed by atoms with Gasteiger partial charge in [0.05, 0.1) is 18.5 Å². The van der Waals surface area contributed by atoms with Crippen LogP contribution in [0.15, 0.2) is 53.9 Å². The highest BCUT2D eigenvalue weighted by Gasteiger charge is 2.08. The van der Waals surface area contributed by atoms with E-state index in [1.165, 1.54) is 5.56 Å². The van der Waals surface area contributed by atoms with E-state index >= 15 is 0 Å². The average Bonchev–Trinajstić information content (AvgIpc) is 3.04. The number of hydrogen-bond acceptors (Lipinski definition) is 4. The smallest absolute Gasteiger partial charge is 0.187 e. The van der Waals surface area contributed by atoms with Crippen LogP contribution < -0.4 is 10.1 Å². The summed E-state index contributed by atoms with van der Waals surface area (Å²) in [5.41, 5.74) is 4.44. The van der Waals surface area contributed by atoms with Gasteiger partial charge in [0, 0.05) is 10.9 Å². The summed E-state index contributed by atoms with van der Waals surface area (Å²) in [6.07, 6.45) is 1.11. The first-order valence-electron chi connectivity index (χ1n) is 8.10. The molecule has 1 heterocycles. The number of nitrogens with zero attached hydrogens (tertiary/aromatic N) is 1. The Morgan fingerprint density at radius 2 is 1.83 bits per heavy atom. The van der Waals surface area contributed by atoms with E-state index in [1.54, 1.807) is 18.4 Å². The van der Waals surface area contributed by atoms with E-state index < -0.39 is 0 Å². The number of methoxy groups -OCH3 is 1. The maximum Gasteiger partial charge on any atom is 0.187 e. The van der Waals surface area contributed by atoms with Crippen LogP contribution in [0.4, 0.5) is 10.8 Å². The molecule has 0 saturated carbocycles. The molecule has 0 unspecified atom stereocenters. The van der Waals surface area contributed by atoms with Crippen molar-refractivity contribution in [1.29, 1.82) is 0 Å². The molecule has 24 heavy (non-hydrogen) atoms. The molecular formula is C20H22N2OS. The molecule has 0 fully saturated rings. The maximum absolute atomic E-state index is 5.37. The Balaban J connectivity index is 1.75. The van der Waals surface area contributed by atoms with Gasteiger partial charge < -0.3 is 10.1 Å². The highest BCUT2D eigenvalue weighted by Crippen LogP contribution is 2.31. The molecule has 3 rings (SSSR count). The number of para-hydroxylation sites is 2. The van der Waals surface area contributed by atoms with E-state index in [9.17, 15) is 0 Å². The second-order valence-corrected chi connectivity index (χ2v) is 7.02. The van der Waals surface area contributed by atoms with Gasteiger partial charge in [-0.25, -0.2) is 4.98 Å². The van der Waals surface area contributed by atoms with E-state index in [4.69, 9.17) is 9.72 Å². The molecule has 0 amide bonds. The molecule has 1 aromatic heterocycles. The molecule has 0 saturated heterocycles. The van der Waals surface area contributed by atoms with Gasteiger partial charge in [0.2, 0.25) is 0 Å². The zero-order valence-corrected chi connectivity index (χ0v) is 15.1. The third-order valence-corrected chi connectivity index (χ3v) is 4.50. The minimum absolute atomic E-state index is 0.673. The van der Waals surface area contributed by atoms with Crippen molar-refractivity contribution in [2.75, 3.05) is 12.4 Å². The zero-order valence-electron chi connectivity index (χ0n) is 14.2. The zero-order chi connectivity index (χ0) is 16.9. The number of nitrogens with one attached hydrogen (secondary N) is 1. The van der Waals surface area contributed by atoms with Gasteiger partial charge in [-0.05, 0) is 30.0 Å². The van der Waals surface area contributed by atoms with E-state index in [1.807, 2.05) is 24.3 Å². The lowest BCUT2D eigenvalue weighted by molar-refractivity contribution is 0.417. The lowest BCUT2D eigenvalue weighted by atomic mass is 10.0. The lowest BCUT2D eigenvalue weighted by Crippen LogP contribution is -1.94. The van der Waals surface area contributed by atoms with Crippen molar-refractivity contribution in [2.45, 2.75) is 20.3 Å². The number of anilines is 2. The predicted octanol–water partition coefficient (Wildman–Crippen LogP) is 5.76. The summed E-state index contributed by atoms with van der Waals surface area (Å²) in [6.45, 7) is 4.48. The van der Waals surface area contributed by atoms with Crippen molar-refractivity contribution in [3.8, 4) is 17.0 Å². The van der Waals surface area contributed by atoms with Gasteiger partial charge in [-0.15, -0.1) is 11.3 Å². The second kappa shape index (κ2) is 7.49. The summed E-state index contributed by atoms with van der Waals surface area (Å²) >= 11 is 1.60. The van der Waals surface area contributed by atoms with Crippen LogP contribution in [0.2, 0.25) is 0 Å². The number of rotatable bonds is 6. The Kier molecular flexibility index (Phi) is 5.16. The number of thiazole rings is 1. The lowest BCUT2D eigenvalue weighted by Gasteiger charge is -2.08. The molecule has 2 aromatic carbocycles. The third kappa shape index (κ3) is 3.95. The second-order valence-electron chi connectivity index (χ2n) is 6.16. The third-order valence-electron chi connectivity index (χ3n) is 3.75. The van der Waals surface area contributed by atoms with Crippen LogP contribution in [0.1, 0.15) is 19.4 Å². The largest absolute Gasteiger partial charge is 0.495 e. The Morgan fingerprint density at radius 3 is 2.54 bits per heavy atom. The standard InChI is InChI=1S/C20H22N2OS/c1-14(2)12-15-8-10-16(11-9-15)18-13-24-20(22-18)21-17-6-4-5-7-19(17)23-3/h4-11,13-14H,12H2,1-3H3,(H,21,22). The molecule has 0 spiro atoms. The topological polar surface area (TPSA) is 34.1 Å². The molecule has 0 aliphatic heterocycles. The monoisotopic (exact) mass is 338 g/mol. The number of ether oxygens (including phenoxy) is 1. The molecule has 3 nitrogen and oxygen atoms in total. The van der Waals surface area contributed by atoms with Crippen molar-refractivity contribution in [3.63, 3.8) is 0 Å². The molecule has 0 radical (unpaired) electrons. The van der Waals surface area contributed by atoms with E-state index in [0.29, 0.717) is 5.92 Å². The van der Waals surface area contributed by atoms with Crippen LogP contribution in [0.3, 0.4) is 0 Å². The molecule has 1 N–H and O–H groups in total. The Morgan fingerprint density at radius 1 is 1.08 bits per heavy atom. The van der Waals surface area contributed by atoms with Gasteiger partial charge in [-0.1, -0.05) is 50.2 Å². The first-order valence-corrected chi connectivity index (χ1v) is 8.98. The molecule has 0 aliphatic carbocycles. The molecule has 4 heteroatoms. The predicted molar refractivity (Wildman–Crippen MR) is 102 cm³/mol. The van der Waals surface area contributed by atoms with Gasteiger partial charge in [0.15, 0.2) is 5.13 Å². The van der Waals surface area contributed by atoms with E-state index in [-0.39, 0.29) is 0 Å². The molecule has 124 valence electrons. The summed E-state index contributed by atoms with van der Waals surface area (Å²) < 4.78 is 5.37. The minimum Gasteiger partial charge on any atom is -0.495 e. The number of aromatic nitrogens is 1. The Labute approximate surface area is 147 Å². The van der Waals surface area contributed by atoms with E-state index in [0.717, 1.165) is 34.2 Å². The average molecular weight is 338 g/mol. The van der Waals surface area contributed by atoms with Gasteiger partial charge in [-0.3, -0.25) is 0 Å². The quantitative estimate of drug-likeness (QED) is 0.620. The van der Waals surface area contributed by atoms with E-state index in [2.05, 4.69) is 48.8 Å². The summed E-state index contributed by atoms with van der Waals surface area (Å²) in [6, 6.07) is 16.6. The molecule has 0 bridgehead atoms. The van der Waals surface area contributed by atoms with Crippen LogP contribution in [0.25, 0.3) is 11.3 Å². The molecule has 0 aliphatic rings. The minimum atomic E-state index is 0.673. The van der Waals surface area contributed by atoms with Crippen LogP contribution in [-0.4, -0.2) is 12.1 Å². The normalized spacial score (nSPS) is 10.8. The van der Waals surface area contributed by atoms with Gasteiger partial charge in [0.1, 0.15) is 5.75 Å². The summed E-state index contributed by atoms with van der Waals surface area (Å²) in [4.78, 5) is 4.69. The van der Waals surface area contributed by atoms with Crippen LogP contribution in [-0.2, 0) is 6.42 Å². The van der Waals surface area contributed by atoms with Crippen LogP contribution >= 0.6 is 11.3 Å². The highest BCUT2D eigenvalue weighted by molar-refractivity contribution is 7.14. The van der Waals surface area contributed by atoms with Gasteiger partial charge >= 0.3 is 0 Å². The first kappa shape index (κ1) is 16.5. The molecular weight excluding hydrogens is 316 g/mol. The fourth-order valence-electron chi connectivity index (χ4n) is 2.61. The van der Waals surface area contributed by atoms with Crippen molar-refractivity contribution in [1.82, 2.24) is 4.98 Å². The number of hydrogen-bond donors (Lipinski definition) is 1. The summed E-state index contributed by atoms with van der Waals surface area (Å²) in [5, 5.41) is 6.27. The highest BCUT2D eigenvalue weighted by atomic mass is 32.1. The fraction of sp³-hybridized carbons (Fsp3) is 0.250. The summed E-state index contributed by atoms with van der Waals surface area (Å²) in [7, 11) is 1.67.